The summed E-state index contributed by atoms with van der Waals surface area (Å²) in [5.41, 5.74) is 2.79. The van der Waals surface area contributed by atoms with Gasteiger partial charge in [-0.05, 0) is 35.7 Å². The molecular weight excluding hydrogens is 380 g/mol. The molecule has 6 nitrogen and oxygen atoms in total. The van der Waals surface area contributed by atoms with Gasteiger partial charge in [-0.15, -0.1) is 0 Å². The molecule has 0 bridgehead atoms. The highest BCUT2D eigenvalue weighted by atomic mass is 35.5. The molecule has 7 heteroatoms. The van der Waals surface area contributed by atoms with Crippen LogP contribution in [0.1, 0.15) is 36.1 Å². The molecule has 0 heterocycles. The van der Waals surface area contributed by atoms with Crippen LogP contribution < -0.4 is 10.6 Å². The van der Waals surface area contributed by atoms with Crippen LogP contribution in [0.2, 0.25) is 5.02 Å². The maximum absolute atomic E-state index is 12.1. The van der Waals surface area contributed by atoms with Crippen molar-refractivity contribution in [3.05, 3.63) is 70.2 Å². The summed E-state index contributed by atoms with van der Waals surface area (Å²) < 4.78 is 5.05. The first kappa shape index (κ1) is 21.4. The first-order chi connectivity index (χ1) is 13.3. The number of ether oxygens (including phenoxy) is 1. The van der Waals surface area contributed by atoms with E-state index in [0.717, 1.165) is 16.7 Å². The average molecular weight is 403 g/mol. The van der Waals surface area contributed by atoms with Gasteiger partial charge in [-0.25, -0.2) is 0 Å². The van der Waals surface area contributed by atoms with Crippen LogP contribution in [-0.4, -0.2) is 24.4 Å². The van der Waals surface area contributed by atoms with Crippen molar-refractivity contribution in [3.8, 4) is 0 Å². The van der Waals surface area contributed by atoms with E-state index in [1.807, 2.05) is 31.2 Å². The fraction of sp³-hybridized carbons (Fsp3) is 0.286. The van der Waals surface area contributed by atoms with E-state index < -0.39 is 12.0 Å². The Kier molecular flexibility index (Phi) is 8.02. The molecule has 0 aliphatic heterocycles. The van der Waals surface area contributed by atoms with Crippen LogP contribution in [0.25, 0.3) is 0 Å². The van der Waals surface area contributed by atoms with Crippen molar-refractivity contribution < 1.29 is 19.1 Å². The molecule has 0 aliphatic carbocycles. The van der Waals surface area contributed by atoms with E-state index in [1.54, 1.807) is 24.3 Å². The highest BCUT2D eigenvalue weighted by Crippen LogP contribution is 2.20. The fourth-order valence-corrected chi connectivity index (χ4v) is 2.74. The number of carbonyl (C=O) groups excluding carboxylic acids is 3. The molecule has 0 aliphatic rings. The van der Waals surface area contributed by atoms with E-state index >= 15 is 0 Å². The molecule has 148 valence electrons. The van der Waals surface area contributed by atoms with Crippen LogP contribution in [0, 0.1) is 6.92 Å². The Bertz CT molecular complexity index is 837. The third-order valence-corrected chi connectivity index (χ3v) is 4.37. The molecule has 28 heavy (non-hydrogen) atoms. The minimum atomic E-state index is -0.584. The second-order valence-corrected chi connectivity index (χ2v) is 6.81. The van der Waals surface area contributed by atoms with E-state index in [9.17, 15) is 14.4 Å². The van der Waals surface area contributed by atoms with Crippen molar-refractivity contribution >= 4 is 29.4 Å². The molecule has 2 aromatic carbocycles. The smallest absolute Gasteiger partial charge is 0.308 e. The van der Waals surface area contributed by atoms with Gasteiger partial charge < -0.3 is 15.4 Å². The van der Waals surface area contributed by atoms with Gasteiger partial charge in [-0.1, -0.05) is 48.0 Å². The summed E-state index contributed by atoms with van der Waals surface area (Å²) in [4.78, 5) is 35.5. The zero-order valence-corrected chi connectivity index (χ0v) is 16.6. The summed E-state index contributed by atoms with van der Waals surface area (Å²) in [5, 5.41) is 5.98. The Balaban J connectivity index is 1.84. The molecule has 1 unspecified atom stereocenters. The third kappa shape index (κ3) is 7.04. The topological polar surface area (TPSA) is 84.5 Å². The third-order valence-electron chi connectivity index (χ3n) is 4.12. The molecular formula is C21H23ClN2O4. The molecule has 0 saturated carbocycles. The Morgan fingerprint density at radius 2 is 1.75 bits per heavy atom. The van der Waals surface area contributed by atoms with Crippen molar-refractivity contribution in [2.75, 3.05) is 6.61 Å². The van der Waals surface area contributed by atoms with Gasteiger partial charge in [-0.3, -0.25) is 14.4 Å². The van der Waals surface area contributed by atoms with E-state index in [1.165, 1.54) is 6.92 Å². The number of nitrogens with one attached hydrogen (secondary N) is 2. The Hall–Kier alpha value is -2.86. The predicted molar refractivity (Wildman–Crippen MR) is 107 cm³/mol. The first-order valence-electron chi connectivity index (χ1n) is 8.84. The summed E-state index contributed by atoms with van der Waals surface area (Å²) in [6.45, 7) is 3.31. The van der Waals surface area contributed by atoms with Gasteiger partial charge >= 0.3 is 5.97 Å². The molecule has 2 rings (SSSR count). The van der Waals surface area contributed by atoms with Crippen molar-refractivity contribution in [3.63, 3.8) is 0 Å². The van der Waals surface area contributed by atoms with Crippen molar-refractivity contribution in [2.24, 2.45) is 0 Å². The minimum Gasteiger partial charge on any atom is -0.456 e. The number of amides is 2. The van der Waals surface area contributed by atoms with E-state index in [0.29, 0.717) is 11.6 Å². The number of hydrogen-bond donors (Lipinski definition) is 2. The van der Waals surface area contributed by atoms with Crippen LogP contribution in [0.5, 0.6) is 0 Å². The summed E-state index contributed by atoms with van der Waals surface area (Å²) in [6.07, 6.45) is -0.0910. The lowest BCUT2D eigenvalue weighted by Gasteiger charge is -2.17. The maximum Gasteiger partial charge on any atom is 0.308 e. The largest absolute Gasteiger partial charge is 0.456 e. The quantitative estimate of drug-likeness (QED) is 0.664. The lowest BCUT2D eigenvalue weighted by molar-refractivity contribution is -0.149. The number of hydrogen-bond acceptors (Lipinski definition) is 4. The molecule has 0 radical (unpaired) electrons. The van der Waals surface area contributed by atoms with Gasteiger partial charge in [0.2, 0.25) is 5.91 Å². The van der Waals surface area contributed by atoms with Crippen molar-refractivity contribution in [1.82, 2.24) is 10.6 Å². The van der Waals surface area contributed by atoms with Crippen LogP contribution >= 0.6 is 11.6 Å². The zero-order valence-electron chi connectivity index (χ0n) is 15.8. The van der Waals surface area contributed by atoms with E-state index in [4.69, 9.17) is 16.3 Å². The summed E-state index contributed by atoms with van der Waals surface area (Å²) >= 11 is 5.87. The van der Waals surface area contributed by atoms with Gasteiger partial charge in [0.25, 0.3) is 5.91 Å². The Labute approximate surface area is 169 Å². The predicted octanol–water partition coefficient (Wildman–Crippen LogP) is 3.08. The van der Waals surface area contributed by atoms with Crippen molar-refractivity contribution in [2.45, 2.75) is 32.9 Å². The molecule has 1 atom stereocenters. The number of aryl methyl sites for hydroxylation is 1. The van der Waals surface area contributed by atoms with Crippen LogP contribution in [0.4, 0.5) is 0 Å². The average Bonchev–Trinajstić information content (AvgIpc) is 2.65. The zero-order chi connectivity index (χ0) is 20.5. The minimum absolute atomic E-state index is 0.0910. The van der Waals surface area contributed by atoms with Crippen LogP contribution in [0.3, 0.4) is 0 Å². The van der Waals surface area contributed by atoms with Gasteiger partial charge in [0.1, 0.15) is 0 Å². The summed E-state index contributed by atoms with van der Waals surface area (Å²) in [6, 6.07) is 14.0. The van der Waals surface area contributed by atoms with E-state index in [-0.39, 0.29) is 24.8 Å². The molecule has 0 saturated heterocycles. The molecule has 2 N–H and O–H groups in total. The second kappa shape index (κ2) is 10.5. The lowest BCUT2D eigenvalue weighted by atomic mass is 10.0. The van der Waals surface area contributed by atoms with Crippen LogP contribution in [0.15, 0.2) is 48.5 Å². The van der Waals surface area contributed by atoms with Gasteiger partial charge in [0.05, 0.1) is 12.5 Å². The Morgan fingerprint density at radius 3 is 2.39 bits per heavy atom. The fourth-order valence-electron chi connectivity index (χ4n) is 2.62. The normalized spacial score (nSPS) is 11.4. The standard InChI is InChI=1S/C21H23ClN2O4/c1-14-5-3-4-6-17(14)12-23-20(26)13-28-21(27)11-19(24-15(2)25)16-7-9-18(22)10-8-16/h3-10,19H,11-13H2,1-2H3,(H,23,26)(H,24,25). The molecule has 0 fully saturated rings. The van der Waals surface area contributed by atoms with Gasteiger partial charge in [0, 0.05) is 18.5 Å². The molecule has 0 aromatic heterocycles. The van der Waals surface area contributed by atoms with Crippen molar-refractivity contribution in [1.29, 1.82) is 0 Å². The second-order valence-electron chi connectivity index (χ2n) is 6.37. The maximum atomic E-state index is 12.1. The van der Waals surface area contributed by atoms with E-state index in [2.05, 4.69) is 10.6 Å². The summed E-state index contributed by atoms with van der Waals surface area (Å²) in [7, 11) is 0. The number of benzene rings is 2. The Morgan fingerprint density at radius 1 is 1.07 bits per heavy atom. The molecule has 2 aromatic rings. The number of rotatable bonds is 8. The van der Waals surface area contributed by atoms with Gasteiger partial charge in [0.15, 0.2) is 6.61 Å². The number of carbonyl (C=O) groups is 3. The lowest BCUT2D eigenvalue weighted by Crippen LogP contribution is -2.31. The first-order valence-corrected chi connectivity index (χ1v) is 9.22. The number of esters is 1. The number of halogens is 1. The summed E-state index contributed by atoms with van der Waals surface area (Å²) in [5.74, 6) is -1.25. The monoisotopic (exact) mass is 402 g/mol. The van der Waals surface area contributed by atoms with Gasteiger partial charge in [-0.2, -0.15) is 0 Å². The highest BCUT2D eigenvalue weighted by molar-refractivity contribution is 6.30. The van der Waals surface area contributed by atoms with Crippen LogP contribution in [-0.2, 0) is 25.7 Å². The highest BCUT2D eigenvalue weighted by Gasteiger charge is 2.19. The molecule has 0 spiro atoms. The molecule has 2 amide bonds. The SMILES string of the molecule is CC(=O)NC(CC(=O)OCC(=O)NCc1ccccc1C)c1ccc(Cl)cc1.